The van der Waals surface area contributed by atoms with Crippen molar-refractivity contribution in [1.29, 1.82) is 0 Å². The van der Waals surface area contributed by atoms with Gasteiger partial charge in [0.1, 0.15) is 12.0 Å². The van der Waals surface area contributed by atoms with E-state index in [0.717, 1.165) is 52.8 Å². The number of H-pyrrole nitrogens is 1. The number of nitrogens with one attached hydrogen (secondary N) is 1. The van der Waals surface area contributed by atoms with E-state index in [1.54, 1.807) is 12.4 Å². The van der Waals surface area contributed by atoms with E-state index in [-0.39, 0.29) is 5.97 Å². The van der Waals surface area contributed by atoms with Crippen molar-refractivity contribution in [3.05, 3.63) is 71.7 Å². The summed E-state index contributed by atoms with van der Waals surface area (Å²) >= 11 is 0. The van der Waals surface area contributed by atoms with Gasteiger partial charge in [-0.05, 0) is 6.07 Å². The average molecular weight is 400 g/mol. The summed E-state index contributed by atoms with van der Waals surface area (Å²) in [5.74, 6) is 0.295. The molecule has 30 heavy (non-hydrogen) atoms. The minimum Gasteiger partial charge on any atom is -0.464 e. The number of aromatic nitrogens is 5. The van der Waals surface area contributed by atoms with Crippen molar-refractivity contribution in [3.8, 4) is 11.4 Å². The Morgan fingerprint density at radius 3 is 2.87 bits per heavy atom. The Hall–Kier alpha value is -3.65. The number of ether oxygens (including phenoxy) is 1. The summed E-state index contributed by atoms with van der Waals surface area (Å²) in [6, 6.07) is 7.94. The molecule has 0 unspecified atom stereocenters. The summed E-state index contributed by atoms with van der Waals surface area (Å²) < 4.78 is 4.99. The molecule has 4 aromatic rings. The number of carbonyl (C=O) groups excluding carboxylic acids is 1. The number of para-hydroxylation sites is 1. The van der Waals surface area contributed by atoms with Gasteiger partial charge >= 0.3 is 5.97 Å². The number of hydrogen-bond acceptors (Lipinski definition) is 7. The van der Waals surface area contributed by atoms with Crippen LogP contribution in [0.2, 0.25) is 0 Å². The summed E-state index contributed by atoms with van der Waals surface area (Å²) in [7, 11) is 1.40. The summed E-state index contributed by atoms with van der Waals surface area (Å²) in [6.07, 6.45) is 7.62. The van der Waals surface area contributed by atoms with Crippen LogP contribution < -0.4 is 0 Å². The van der Waals surface area contributed by atoms with Gasteiger partial charge in [0.05, 0.1) is 18.4 Å². The Bertz CT molecular complexity index is 1220. The SMILES string of the molecule is COC(=O)c1[nH]c2ccccc2c1CN1CCc2nc(-c3cncnc3)ncc2C1. The second kappa shape index (κ2) is 7.64. The van der Waals surface area contributed by atoms with Crippen molar-refractivity contribution in [1.82, 2.24) is 29.8 Å². The fourth-order valence-electron chi connectivity index (χ4n) is 3.93. The van der Waals surface area contributed by atoms with Gasteiger partial charge in [-0.25, -0.2) is 24.7 Å². The number of fused-ring (bicyclic) bond motifs is 2. The van der Waals surface area contributed by atoms with Crippen molar-refractivity contribution in [2.24, 2.45) is 0 Å². The zero-order valence-electron chi connectivity index (χ0n) is 16.5. The number of esters is 1. The molecule has 8 nitrogen and oxygen atoms in total. The van der Waals surface area contributed by atoms with Gasteiger partial charge in [0.2, 0.25) is 0 Å². The van der Waals surface area contributed by atoms with Gasteiger partial charge in [-0.1, -0.05) is 18.2 Å². The van der Waals surface area contributed by atoms with Crippen molar-refractivity contribution in [2.75, 3.05) is 13.7 Å². The molecule has 0 saturated carbocycles. The quantitative estimate of drug-likeness (QED) is 0.526. The van der Waals surface area contributed by atoms with Crippen LogP contribution in [0.1, 0.15) is 27.3 Å². The Morgan fingerprint density at radius 1 is 1.20 bits per heavy atom. The zero-order valence-corrected chi connectivity index (χ0v) is 16.5. The maximum atomic E-state index is 12.3. The lowest BCUT2D eigenvalue weighted by Crippen LogP contribution is -2.31. The van der Waals surface area contributed by atoms with Crippen LogP contribution in [-0.4, -0.2) is 49.4 Å². The molecule has 8 heteroatoms. The summed E-state index contributed by atoms with van der Waals surface area (Å²) in [5.41, 5.74) is 5.36. The molecule has 4 heterocycles. The number of hydrogen-bond donors (Lipinski definition) is 1. The fourth-order valence-corrected chi connectivity index (χ4v) is 3.93. The third kappa shape index (κ3) is 3.31. The highest BCUT2D eigenvalue weighted by Gasteiger charge is 2.24. The van der Waals surface area contributed by atoms with Crippen molar-refractivity contribution < 1.29 is 9.53 Å². The largest absolute Gasteiger partial charge is 0.464 e. The Balaban J connectivity index is 1.42. The van der Waals surface area contributed by atoms with Gasteiger partial charge in [-0.3, -0.25) is 4.90 Å². The molecule has 1 aromatic carbocycles. The molecule has 0 aliphatic carbocycles. The first-order valence-electron chi connectivity index (χ1n) is 9.73. The van der Waals surface area contributed by atoms with Crippen LogP contribution in [0.3, 0.4) is 0 Å². The minimum atomic E-state index is -0.350. The predicted molar refractivity (Wildman–Crippen MR) is 111 cm³/mol. The molecule has 3 aromatic heterocycles. The highest BCUT2D eigenvalue weighted by molar-refractivity contribution is 5.98. The first kappa shape index (κ1) is 18.4. The summed E-state index contributed by atoms with van der Waals surface area (Å²) in [6.45, 7) is 2.21. The van der Waals surface area contributed by atoms with E-state index in [1.165, 1.54) is 13.4 Å². The minimum absolute atomic E-state index is 0.350. The molecule has 0 spiro atoms. The van der Waals surface area contributed by atoms with E-state index < -0.39 is 0 Å². The molecule has 150 valence electrons. The van der Waals surface area contributed by atoms with Gasteiger partial charge in [0.15, 0.2) is 5.82 Å². The van der Waals surface area contributed by atoms with E-state index in [4.69, 9.17) is 9.72 Å². The molecular formula is C22H20N6O2. The summed E-state index contributed by atoms with van der Waals surface area (Å²) in [5, 5.41) is 1.04. The van der Waals surface area contributed by atoms with Gasteiger partial charge in [0.25, 0.3) is 0 Å². The highest BCUT2D eigenvalue weighted by Crippen LogP contribution is 2.27. The van der Waals surface area contributed by atoms with Gasteiger partial charge in [0, 0.05) is 66.7 Å². The van der Waals surface area contributed by atoms with E-state index in [2.05, 4.69) is 24.8 Å². The van der Waals surface area contributed by atoms with Crippen LogP contribution in [0.25, 0.3) is 22.3 Å². The van der Waals surface area contributed by atoms with E-state index in [9.17, 15) is 4.79 Å². The Kier molecular flexibility index (Phi) is 4.68. The highest BCUT2D eigenvalue weighted by atomic mass is 16.5. The van der Waals surface area contributed by atoms with E-state index in [1.807, 2.05) is 30.5 Å². The van der Waals surface area contributed by atoms with Crippen LogP contribution in [0.5, 0.6) is 0 Å². The standard InChI is InChI=1S/C22H20N6O2/c1-30-22(29)20-17(16-4-2-3-5-19(16)26-20)12-28-7-6-18-15(11-28)10-25-21(27-18)14-8-23-13-24-9-14/h2-5,8-10,13,26H,6-7,11-12H2,1H3. The second-order valence-corrected chi connectivity index (χ2v) is 7.27. The molecule has 1 aliphatic rings. The molecule has 0 bridgehead atoms. The molecule has 1 N–H and O–H groups in total. The predicted octanol–water partition coefficient (Wildman–Crippen LogP) is 2.76. The van der Waals surface area contributed by atoms with Crippen LogP contribution >= 0.6 is 0 Å². The smallest absolute Gasteiger partial charge is 0.354 e. The van der Waals surface area contributed by atoms with Crippen molar-refractivity contribution in [3.63, 3.8) is 0 Å². The molecule has 0 amide bonds. The number of benzene rings is 1. The maximum Gasteiger partial charge on any atom is 0.354 e. The van der Waals surface area contributed by atoms with Crippen LogP contribution in [-0.2, 0) is 24.2 Å². The topological polar surface area (TPSA) is 96.9 Å². The van der Waals surface area contributed by atoms with Gasteiger partial charge in [-0.15, -0.1) is 0 Å². The van der Waals surface area contributed by atoms with Crippen molar-refractivity contribution >= 4 is 16.9 Å². The number of aromatic amines is 1. The summed E-state index contributed by atoms with van der Waals surface area (Å²) in [4.78, 5) is 35.1. The van der Waals surface area contributed by atoms with Crippen LogP contribution in [0.15, 0.2) is 49.2 Å². The van der Waals surface area contributed by atoms with Gasteiger partial charge < -0.3 is 9.72 Å². The Morgan fingerprint density at radius 2 is 2.03 bits per heavy atom. The lowest BCUT2D eigenvalue weighted by atomic mass is 10.0. The maximum absolute atomic E-state index is 12.3. The first-order chi connectivity index (χ1) is 14.7. The van der Waals surface area contributed by atoms with Gasteiger partial charge in [-0.2, -0.15) is 0 Å². The van der Waals surface area contributed by atoms with E-state index in [0.29, 0.717) is 18.1 Å². The number of methoxy groups -OCH3 is 1. The molecule has 0 atom stereocenters. The average Bonchev–Trinajstić information content (AvgIpc) is 3.17. The molecule has 0 radical (unpaired) electrons. The molecular weight excluding hydrogens is 380 g/mol. The number of nitrogens with zero attached hydrogens (tertiary/aromatic N) is 5. The number of rotatable bonds is 4. The molecule has 0 fully saturated rings. The van der Waals surface area contributed by atoms with E-state index >= 15 is 0 Å². The molecule has 1 aliphatic heterocycles. The van der Waals surface area contributed by atoms with Crippen LogP contribution in [0, 0.1) is 0 Å². The molecule has 0 saturated heterocycles. The molecule has 5 rings (SSSR count). The second-order valence-electron chi connectivity index (χ2n) is 7.27. The fraction of sp³-hybridized carbons (Fsp3) is 0.227. The lowest BCUT2D eigenvalue weighted by Gasteiger charge is -2.28. The number of carbonyl (C=O) groups is 1. The third-order valence-electron chi connectivity index (χ3n) is 5.42. The zero-order chi connectivity index (χ0) is 20.5. The normalized spacial score (nSPS) is 13.9. The first-order valence-corrected chi connectivity index (χ1v) is 9.73. The lowest BCUT2D eigenvalue weighted by molar-refractivity contribution is 0.0592. The van der Waals surface area contributed by atoms with Crippen LogP contribution in [0.4, 0.5) is 0 Å². The van der Waals surface area contributed by atoms with Crippen molar-refractivity contribution in [2.45, 2.75) is 19.5 Å². The third-order valence-corrected chi connectivity index (χ3v) is 5.42. The monoisotopic (exact) mass is 400 g/mol. The Labute approximate surface area is 173 Å².